The van der Waals surface area contributed by atoms with Gasteiger partial charge in [-0.1, -0.05) is 6.07 Å². The Balaban J connectivity index is 2.01. The van der Waals surface area contributed by atoms with Crippen LogP contribution in [0.5, 0.6) is 11.5 Å². The summed E-state index contributed by atoms with van der Waals surface area (Å²) < 4.78 is 34.1. The van der Waals surface area contributed by atoms with Crippen LogP contribution in [-0.4, -0.2) is 31.3 Å². The number of nitrogens with one attached hydrogen (secondary N) is 1. The van der Waals surface area contributed by atoms with Gasteiger partial charge in [-0.25, -0.2) is 13.8 Å². The van der Waals surface area contributed by atoms with Crippen LogP contribution >= 0.6 is 0 Å². The summed E-state index contributed by atoms with van der Waals surface area (Å²) in [7, 11) is 1.46. The lowest BCUT2D eigenvalue weighted by Crippen LogP contribution is -2.39. The maximum atomic E-state index is 13.8. The first-order valence-corrected chi connectivity index (χ1v) is 8.55. The van der Waals surface area contributed by atoms with Crippen LogP contribution in [0.2, 0.25) is 0 Å². The van der Waals surface area contributed by atoms with Crippen molar-refractivity contribution >= 4 is 17.0 Å². The Kier molecular flexibility index (Phi) is 5.03. The number of fused-ring (bicyclic) bond motifs is 1. The Morgan fingerprint density at radius 2 is 1.93 bits per heavy atom. The van der Waals surface area contributed by atoms with E-state index in [1.165, 1.54) is 29.9 Å². The first-order chi connectivity index (χ1) is 13.1. The summed E-state index contributed by atoms with van der Waals surface area (Å²) >= 11 is 0. The zero-order valence-electron chi connectivity index (χ0n) is 15.8. The number of rotatable bonds is 5. The van der Waals surface area contributed by atoms with Gasteiger partial charge in [0.15, 0.2) is 23.1 Å². The molecule has 0 radical (unpaired) electrons. The van der Waals surface area contributed by atoms with Crippen LogP contribution in [0.15, 0.2) is 35.3 Å². The number of hydrogen-bond donors (Lipinski definition) is 2. The van der Waals surface area contributed by atoms with Gasteiger partial charge in [-0.3, -0.25) is 9.36 Å². The molecule has 7 nitrogen and oxygen atoms in total. The van der Waals surface area contributed by atoms with Crippen molar-refractivity contribution in [3.05, 3.63) is 52.5 Å². The summed E-state index contributed by atoms with van der Waals surface area (Å²) in [5.74, 6) is -2.52. The fourth-order valence-corrected chi connectivity index (χ4v) is 2.42. The van der Waals surface area contributed by atoms with Crippen LogP contribution in [0.1, 0.15) is 20.8 Å². The minimum absolute atomic E-state index is 0.228. The van der Waals surface area contributed by atoms with Gasteiger partial charge in [0.1, 0.15) is 5.65 Å². The number of hydrogen-bond acceptors (Lipinski definition) is 6. The smallest absolute Gasteiger partial charge is 0.294 e. The molecular weight excluding hydrogens is 370 g/mol. The molecule has 0 aliphatic carbocycles. The van der Waals surface area contributed by atoms with E-state index >= 15 is 0 Å². The third-order valence-electron chi connectivity index (χ3n) is 4.45. The van der Waals surface area contributed by atoms with Gasteiger partial charge >= 0.3 is 0 Å². The molecule has 2 aromatic heterocycles. The summed E-state index contributed by atoms with van der Waals surface area (Å²) in [6.07, 6.45) is 1.45. The third-order valence-corrected chi connectivity index (χ3v) is 4.45. The largest absolute Gasteiger partial charge is 0.445 e. The van der Waals surface area contributed by atoms with Gasteiger partial charge in [-0.05, 0) is 39.0 Å². The molecule has 3 aromatic rings. The SMILES string of the molecule is C[C@H](Nc1ncc2cc(Oc3c(F)cccc3F)c(=O)n(C)c2n1)C(C)(C)O. The van der Waals surface area contributed by atoms with Crippen molar-refractivity contribution in [3.8, 4) is 11.5 Å². The molecule has 2 heterocycles. The standard InChI is InChI=1S/C19H20F2N4O3/c1-10(19(2,3)27)23-18-22-9-11-8-14(17(26)25(4)16(11)24-18)28-15-12(20)6-5-7-13(15)21/h5-10,27H,1-4H3,(H,22,23,24)/t10-/m0/s1. The highest BCUT2D eigenvalue weighted by Crippen LogP contribution is 2.27. The normalized spacial score (nSPS) is 12.8. The van der Waals surface area contributed by atoms with Gasteiger partial charge < -0.3 is 15.2 Å². The number of para-hydroxylation sites is 1. The van der Waals surface area contributed by atoms with E-state index in [0.717, 1.165) is 12.1 Å². The number of nitrogens with zero attached hydrogens (tertiary/aromatic N) is 3. The van der Waals surface area contributed by atoms with Crippen molar-refractivity contribution in [1.82, 2.24) is 14.5 Å². The molecule has 0 amide bonds. The zero-order chi connectivity index (χ0) is 20.6. The first kappa shape index (κ1) is 19.7. The molecule has 9 heteroatoms. The average Bonchev–Trinajstić information content (AvgIpc) is 2.62. The van der Waals surface area contributed by atoms with Crippen LogP contribution < -0.4 is 15.6 Å². The molecule has 2 N–H and O–H groups in total. The summed E-state index contributed by atoms with van der Waals surface area (Å²) in [6.45, 7) is 5.06. The average molecular weight is 390 g/mol. The van der Waals surface area contributed by atoms with Crippen LogP contribution in [0, 0.1) is 11.6 Å². The molecule has 0 bridgehead atoms. The second-order valence-corrected chi connectivity index (χ2v) is 7.02. The molecule has 0 saturated carbocycles. The minimum atomic E-state index is -1.01. The molecule has 0 aliphatic heterocycles. The van der Waals surface area contributed by atoms with E-state index in [9.17, 15) is 18.7 Å². The summed E-state index contributed by atoms with van der Waals surface area (Å²) in [6, 6.07) is 4.25. The van der Waals surface area contributed by atoms with Crippen molar-refractivity contribution in [2.45, 2.75) is 32.4 Å². The maximum Gasteiger partial charge on any atom is 0.294 e. The van der Waals surface area contributed by atoms with E-state index < -0.39 is 28.5 Å². The molecule has 28 heavy (non-hydrogen) atoms. The highest BCUT2D eigenvalue weighted by molar-refractivity contribution is 5.76. The van der Waals surface area contributed by atoms with Crippen molar-refractivity contribution < 1.29 is 18.6 Å². The molecule has 0 unspecified atom stereocenters. The molecule has 0 spiro atoms. The van der Waals surface area contributed by atoms with Gasteiger partial charge in [0.05, 0.1) is 11.6 Å². The molecule has 0 saturated heterocycles. The highest BCUT2D eigenvalue weighted by atomic mass is 19.1. The first-order valence-electron chi connectivity index (χ1n) is 8.55. The summed E-state index contributed by atoms with van der Waals surface area (Å²) in [5, 5.41) is 13.4. The lowest BCUT2D eigenvalue weighted by molar-refractivity contribution is 0.0646. The second kappa shape index (κ2) is 7.16. The van der Waals surface area contributed by atoms with Crippen molar-refractivity contribution in [1.29, 1.82) is 0 Å². The molecule has 1 aromatic carbocycles. The lowest BCUT2D eigenvalue weighted by Gasteiger charge is -2.26. The molecular formula is C19H20F2N4O3. The van der Waals surface area contributed by atoms with Gasteiger partial charge in [0.25, 0.3) is 5.56 Å². The number of anilines is 1. The minimum Gasteiger partial charge on any atom is -0.445 e. The molecule has 3 rings (SSSR count). The number of pyridine rings is 1. The van der Waals surface area contributed by atoms with Crippen LogP contribution in [0.4, 0.5) is 14.7 Å². The number of ether oxygens (including phenoxy) is 1. The Morgan fingerprint density at radius 1 is 1.29 bits per heavy atom. The van der Waals surface area contributed by atoms with Crippen molar-refractivity contribution in [2.75, 3.05) is 5.32 Å². The number of aromatic nitrogens is 3. The van der Waals surface area contributed by atoms with Gasteiger partial charge in [-0.15, -0.1) is 0 Å². The fourth-order valence-electron chi connectivity index (χ4n) is 2.42. The van der Waals surface area contributed by atoms with E-state index in [1.54, 1.807) is 20.8 Å². The number of benzene rings is 1. The Labute approximate surface area is 159 Å². The maximum absolute atomic E-state index is 13.8. The second-order valence-electron chi connectivity index (χ2n) is 7.02. The number of halogens is 2. The van der Waals surface area contributed by atoms with E-state index in [-0.39, 0.29) is 17.7 Å². The van der Waals surface area contributed by atoms with Gasteiger partial charge in [-0.2, -0.15) is 4.98 Å². The van der Waals surface area contributed by atoms with E-state index in [4.69, 9.17) is 4.74 Å². The Bertz CT molecular complexity index is 1070. The topological polar surface area (TPSA) is 89.3 Å². The lowest BCUT2D eigenvalue weighted by atomic mass is 10.0. The highest BCUT2D eigenvalue weighted by Gasteiger charge is 2.23. The Morgan fingerprint density at radius 3 is 2.54 bits per heavy atom. The predicted octanol–water partition coefficient (Wildman–Crippen LogP) is 2.97. The summed E-state index contributed by atoms with van der Waals surface area (Å²) in [4.78, 5) is 21.0. The number of aliphatic hydroxyl groups is 1. The van der Waals surface area contributed by atoms with E-state index in [2.05, 4.69) is 15.3 Å². The Hall–Kier alpha value is -3.07. The third kappa shape index (κ3) is 3.79. The molecule has 1 atom stereocenters. The molecule has 0 fully saturated rings. The molecule has 0 aliphatic rings. The molecule has 148 valence electrons. The fraction of sp³-hybridized carbons (Fsp3) is 0.316. The van der Waals surface area contributed by atoms with Crippen molar-refractivity contribution in [2.24, 2.45) is 7.05 Å². The van der Waals surface area contributed by atoms with Crippen LogP contribution in [-0.2, 0) is 7.05 Å². The predicted molar refractivity (Wildman–Crippen MR) is 101 cm³/mol. The number of aryl methyl sites for hydroxylation is 1. The monoisotopic (exact) mass is 390 g/mol. The zero-order valence-corrected chi connectivity index (χ0v) is 15.8. The van der Waals surface area contributed by atoms with Crippen molar-refractivity contribution in [3.63, 3.8) is 0 Å². The quantitative estimate of drug-likeness (QED) is 0.696. The van der Waals surface area contributed by atoms with Gasteiger partial charge in [0, 0.05) is 18.6 Å². The van der Waals surface area contributed by atoms with E-state index in [0.29, 0.717) is 11.0 Å². The van der Waals surface area contributed by atoms with Gasteiger partial charge in [0.2, 0.25) is 5.95 Å². The van der Waals surface area contributed by atoms with E-state index in [1.807, 2.05) is 0 Å². The van der Waals surface area contributed by atoms with Crippen LogP contribution in [0.3, 0.4) is 0 Å². The van der Waals surface area contributed by atoms with Crippen LogP contribution in [0.25, 0.3) is 11.0 Å². The summed E-state index contributed by atoms with van der Waals surface area (Å²) in [5.41, 5.74) is -1.33.